The molecule has 1 N–H and O–H groups in total. The van der Waals surface area contributed by atoms with Gasteiger partial charge in [-0.05, 0) is 42.6 Å². The molecule has 0 aromatic heterocycles. The van der Waals surface area contributed by atoms with E-state index in [0.29, 0.717) is 19.6 Å². The average Bonchev–Trinajstić information content (AvgIpc) is 3.23. The summed E-state index contributed by atoms with van der Waals surface area (Å²) in [6, 6.07) is 7.64. The third-order valence-corrected chi connectivity index (χ3v) is 8.23. The fraction of sp³-hybridized carbons (Fsp3) is 0.542. The molecule has 0 radical (unpaired) electrons. The van der Waals surface area contributed by atoms with E-state index in [4.69, 9.17) is 4.74 Å². The van der Waals surface area contributed by atoms with Gasteiger partial charge in [0.15, 0.2) is 0 Å². The molecule has 3 aliphatic rings. The summed E-state index contributed by atoms with van der Waals surface area (Å²) in [4.78, 5) is 40.8. The molecule has 7 nitrogen and oxygen atoms in total. The zero-order valence-electron chi connectivity index (χ0n) is 18.9. The van der Waals surface area contributed by atoms with Crippen LogP contribution in [-0.4, -0.2) is 65.1 Å². The number of nitrogens with zero attached hydrogens (tertiary/aromatic N) is 2. The summed E-state index contributed by atoms with van der Waals surface area (Å²) in [5.74, 6) is 0.0764. The van der Waals surface area contributed by atoms with Gasteiger partial charge in [-0.1, -0.05) is 32.9 Å². The Bertz CT molecular complexity index is 928. The molecule has 3 aliphatic heterocycles. The highest BCUT2D eigenvalue weighted by Crippen LogP contribution is 2.51. The van der Waals surface area contributed by atoms with Gasteiger partial charge in [0.25, 0.3) is 5.91 Å². The smallest absolute Gasteiger partial charge is 0.251 e. The summed E-state index contributed by atoms with van der Waals surface area (Å²) in [5.41, 5.74) is 1.62. The van der Waals surface area contributed by atoms with E-state index in [9.17, 15) is 14.4 Å². The standard InChI is InChI=1S/C24H31N3O4S/c1-4-26(5-2)12-16-6-8-17(9-7-16)31-13-20-24(3)15-27(23(30)18(24)14-32-20)19-10-11-21(28)25-22(19)29/h6-9,14,19-20H,4-5,10-13,15H2,1-3H3,(H,25,28,29)/t19-,20?,24?/m0/s1. The molecule has 32 heavy (non-hydrogen) atoms. The number of hydrogen-bond acceptors (Lipinski definition) is 6. The van der Waals surface area contributed by atoms with Crippen LogP contribution in [0.4, 0.5) is 0 Å². The molecule has 8 heteroatoms. The van der Waals surface area contributed by atoms with Crippen molar-refractivity contribution in [1.29, 1.82) is 0 Å². The maximum Gasteiger partial charge on any atom is 0.251 e. The molecule has 0 bridgehead atoms. The zero-order valence-corrected chi connectivity index (χ0v) is 19.7. The second-order valence-electron chi connectivity index (χ2n) is 8.89. The van der Waals surface area contributed by atoms with Crippen molar-refractivity contribution in [2.75, 3.05) is 26.2 Å². The molecule has 0 spiro atoms. The maximum atomic E-state index is 13.0. The fourth-order valence-electron chi connectivity index (χ4n) is 4.69. The minimum atomic E-state index is -0.576. The topological polar surface area (TPSA) is 79.0 Å². The van der Waals surface area contributed by atoms with Crippen LogP contribution < -0.4 is 10.1 Å². The molecule has 2 saturated heterocycles. The van der Waals surface area contributed by atoms with E-state index in [0.717, 1.165) is 31.0 Å². The van der Waals surface area contributed by atoms with Gasteiger partial charge in [-0.2, -0.15) is 0 Å². The number of imide groups is 1. The lowest BCUT2D eigenvalue weighted by molar-refractivity contribution is -0.142. The summed E-state index contributed by atoms with van der Waals surface area (Å²) < 4.78 is 6.11. The molecular formula is C24H31N3O4S. The van der Waals surface area contributed by atoms with E-state index in [2.05, 4.69) is 43.1 Å². The van der Waals surface area contributed by atoms with Crippen molar-refractivity contribution in [2.24, 2.45) is 5.41 Å². The number of hydrogen-bond donors (Lipinski definition) is 1. The summed E-state index contributed by atoms with van der Waals surface area (Å²) in [5, 5.41) is 4.37. The van der Waals surface area contributed by atoms with Gasteiger partial charge >= 0.3 is 0 Å². The van der Waals surface area contributed by atoms with Crippen molar-refractivity contribution >= 4 is 29.5 Å². The Kier molecular flexibility index (Phi) is 6.62. The van der Waals surface area contributed by atoms with E-state index < -0.39 is 6.04 Å². The van der Waals surface area contributed by atoms with Crippen LogP contribution in [0.2, 0.25) is 0 Å². The monoisotopic (exact) mass is 457 g/mol. The molecular weight excluding hydrogens is 426 g/mol. The molecule has 172 valence electrons. The third-order valence-electron chi connectivity index (χ3n) is 6.88. The molecule has 3 amide bonds. The lowest BCUT2D eigenvalue weighted by Crippen LogP contribution is -2.53. The predicted octanol–water partition coefficient (Wildman–Crippen LogP) is 2.56. The van der Waals surface area contributed by atoms with Gasteiger partial charge in [0.05, 0.1) is 5.25 Å². The van der Waals surface area contributed by atoms with Gasteiger partial charge in [0, 0.05) is 30.5 Å². The van der Waals surface area contributed by atoms with Crippen LogP contribution in [0.1, 0.15) is 39.2 Å². The Morgan fingerprint density at radius 2 is 1.91 bits per heavy atom. The van der Waals surface area contributed by atoms with Crippen LogP contribution in [0.15, 0.2) is 35.2 Å². The molecule has 3 atom stereocenters. The first-order valence-electron chi connectivity index (χ1n) is 11.3. The van der Waals surface area contributed by atoms with Crippen LogP contribution in [0.5, 0.6) is 5.75 Å². The molecule has 1 aromatic carbocycles. The Balaban J connectivity index is 1.38. The van der Waals surface area contributed by atoms with Crippen LogP contribution in [0, 0.1) is 5.41 Å². The number of carbonyl (C=O) groups is 3. The average molecular weight is 458 g/mol. The molecule has 2 fully saturated rings. The highest BCUT2D eigenvalue weighted by molar-refractivity contribution is 8.03. The number of benzene rings is 1. The van der Waals surface area contributed by atoms with Gasteiger partial charge < -0.3 is 9.64 Å². The van der Waals surface area contributed by atoms with Crippen molar-refractivity contribution < 1.29 is 19.1 Å². The van der Waals surface area contributed by atoms with Gasteiger partial charge in [0.1, 0.15) is 18.4 Å². The van der Waals surface area contributed by atoms with Crippen molar-refractivity contribution in [3.05, 3.63) is 40.8 Å². The number of amides is 3. The summed E-state index contributed by atoms with van der Waals surface area (Å²) in [7, 11) is 0. The Labute approximate surface area is 193 Å². The number of rotatable bonds is 8. The van der Waals surface area contributed by atoms with Crippen LogP contribution in [-0.2, 0) is 20.9 Å². The third kappa shape index (κ3) is 4.30. The molecule has 0 aliphatic carbocycles. The predicted molar refractivity (Wildman–Crippen MR) is 124 cm³/mol. The Morgan fingerprint density at radius 3 is 2.56 bits per heavy atom. The molecule has 2 unspecified atom stereocenters. The summed E-state index contributed by atoms with van der Waals surface area (Å²) in [6.45, 7) is 10.3. The molecule has 3 heterocycles. The number of fused-ring (bicyclic) bond motifs is 1. The number of likely N-dealkylation sites (tertiary alicyclic amines) is 1. The van der Waals surface area contributed by atoms with Crippen LogP contribution in [0.3, 0.4) is 0 Å². The number of piperidine rings is 1. The van der Waals surface area contributed by atoms with E-state index in [1.807, 2.05) is 17.5 Å². The van der Waals surface area contributed by atoms with Crippen molar-refractivity contribution in [3.8, 4) is 5.75 Å². The fourth-order valence-corrected chi connectivity index (χ4v) is 6.01. The molecule has 1 aromatic rings. The Morgan fingerprint density at radius 1 is 1.19 bits per heavy atom. The second kappa shape index (κ2) is 9.27. The van der Waals surface area contributed by atoms with Crippen molar-refractivity contribution in [2.45, 2.75) is 51.4 Å². The number of carbonyl (C=O) groups excluding carboxylic acids is 3. The lowest BCUT2D eigenvalue weighted by Gasteiger charge is -2.33. The quantitative estimate of drug-likeness (QED) is 0.605. The number of thioether (sulfide) groups is 1. The van der Waals surface area contributed by atoms with Crippen LogP contribution in [0.25, 0.3) is 0 Å². The van der Waals surface area contributed by atoms with Crippen molar-refractivity contribution in [3.63, 3.8) is 0 Å². The van der Waals surface area contributed by atoms with Gasteiger partial charge in [0.2, 0.25) is 11.8 Å². The number of ether oxygens (including phenoxy) is 1. The highest BCUT2D eigenvalue weighted by atomic mass is 32.2. The first-order chi connectivity index (χ1) is 15.4. The minimum absolute atomic E-state index is 0.0788. The van der Waals surface area contributed by atoms with E-state index in [-0.39, 0.29) is 34.8 Å². The first-order valence-corrected chi connectivity index (χ1v) is 12.2. The van der Waals surface area contributed by atoms with E-state index in [1.54, 1.807) is 16.7 Å². The normalized spacial score (nSPS) is 27.6. The molecule has 4 rings (SSSR count). The summed E-state index contributed by atoms with van der Waals surface area (Å²) in [6.07, 6.45) is 0.648. The van der Waals surface area contributed by atoms with E-state index in [1.165, 1.54) is 5.56 Å². The minimum Gasteiger partial charge on any atom is -0.492 e. The van der Waals surface area contributed by atoms with Gasteiger partial charge in [-0.3, -0.25) is 24.6 Å². The highest BCUT2D eigenvalue weighted by Gasteiger charge is 2.55. The molecule has 0 saturated carbocycles. The second-order valence-corrected chi connectivity index (χ2v) is 9.97. The van der Waals surface area contributed by atoms with Crippen molar-refractivity contribution in [1.82, 2.24) is 15.1 Å². The SMILES string of the molecule is CCN(CC)Cc1ccc(OCC2SC=C3C(=O)N([C@H]4CCC(=O)NC4=O)CC32C)cc1. The maximum absolute atomic E-state index is 13.0. The Hall–Kier alpha value is -2.32. The summed E-state index contributed by atoms with van der Waals surface area (Å²) >= 11 is 1.63. The van der Waals surface area contributed by atoms with E-state index >= 15 is 0 Å². The van der Waals surface area contributed by atoms with Gasteiger partial charge in [-0.15, -0.1) is 11.8 Å². The largest absolute Gasteiger partial charge is 0.492 e. The first kappa shape index (κ1) is 22.9. The lowest BCUT2D eigenvalue weighted by atomic mass is 9.82. The number of nitrogens with one attached hydrogen (secondary N) is 1. The van der Waals surface area contributed by atoms with Gasteiger partial charge in [-0.25, -0.2) is 0 Å². The zero-order chi connectivity index (χ0) is 22.9. The van der Waals surface area contributed by atoms with Crippen LogP contribution >= 0.6 is 11.8 Å².